The highest BCUT2D eigenvalue weighted by Gasteiger charge is 2.05. The maximum Gasteiger partial charge on any atom is 0.323 e. The summed E-state index contributed by atoms with van der Waals surface area (Å²) < 4.78 is 11.4. The molecule has 6 heteroatoms. The maximum atomic E-state index is 11.9. The number of hydrogen-bond donors (Lipinski definition) is 3. The Morgan fingerprint density at radius 1 is 1.10 bits per heavy atom. The minimum atomic E-state index is -1.10. The molecule has 0 fully saturated rings. The molecule has 5 nitrogen and oxygen atoms in total. The van der Waals surface area contributed by atoms with Crippen LogP contribution in [0.4, 0.5) is 16.2 Å². The first-order valence-corrected chi connectivity index (χ1v) is 7.82. The summed E-state index contributed by atoms with van der Waals surface area (Å²) in [5, 5.41) is 14.8. The molecule has 0 aromatic heterocycles. The van der Waals surface area contributed by atoms with Gasteiger partial charge in [0.15, 0.2) is 0 Å². The standard InChI is InChI=1S/C15H16N2O3S/c1-10-8-12(6-7-14(10)18)17-15(19)16-11-4-3-5-13(9-11)21(2)20/h3-9,18H,1-2H3,(H2,16,17,19). The van der Waals surface area contributed by atoms with Gasteiger partial charge in [0.1, 0.15) is 5.75 Å². The molecule has 3 N–H and O–H groups in total. The lowest BCUT2D eigenvalue weighted by Crippen LogP contribution is -2.19. The van der Waals surface area contributed by atoms with E-state index in [9.17, 15) is 14.1 Å². The summed E-state index contributed by atoms with van der Waals surface area (Å²) in [6.45, 7) is 1.75. The van der Waals surface area contributed by atoms with Gasteiger partial charge < -0.3 is 15.7 Å². The Hall–Kier alpha value is -2.34. The lowest BCUT2D eigenvalue weighted by molar-refractivity contribution is 0.262. The van der Waals surface area contributed by atoms with Crippen molar-refractivity contribution in [1.82, 2.24) is 0 Å². The number of phenolic OH excluding ortho intramolecular Hbond substituents is 1. The third kappa shape index (κ3) is 4.06. The first-order chi connectivity index (χ1) is 9.95. The van der Waals surface area contributed by atoms with Gasteiger partial charge in [-0.25, -0.2) is 4.79 Å². The highest BCUT2D eigenvalue weighted by Crippen LogP contribution is 2.20. The summed E-state index contributed by atoms with van der Waals surface area (Å²) in [6.07, 6.45) is 1.58. The monoisotopic (exact) mass is 304 g/mol. The second kappa shape index (κ2) is 6.41. The van der Waals surface area contributed by atoms with Gasteiger partial charge in [-0.3, -0.25) is 4.21 Å². The normalized spacial score (nSPS) is 11.7. The summed E-state index contributed by atoms with van der Waals surface area (Å²) in [4.78, 5) is 12.5. The van der Waals surface area contributed by atoms with E-state index in [-0.39, 0.29) is 5.75 Å². The van der Waals surface area contributed by atoms with Crippen molar-refractivity contribution in [3.63, 3.8) is 0 Å². The predicted octanol–water partition coefficient (Wildman–Crippen LogP) is 3.08. The number of aromatic hydroxyl groups is 1. The number of amides is 2. The molecule has 2 aromatic carbocycles. The van der Waals surface area contributed by atoms with Gasteiger partial charge in [0, 0.05) is 33.3 Å². The van der Waals surface area contributed by atoms with Gasteiger partial charge in [0.25, 0.3) is 0 Å². The number of rotatable bonds is 3. The van der Waals surface area contributed by atoms with Gasteiger partial charge in [-0.2, -0.15) is 0 Å². The first-order valence-electron chi connectivity index (χ1n) is 6.27. The van der Waals surface area contributed by atoms with Crippen molar-refractivity contribution in [1.29, 1.82) is 0 Å². The molecule has 0 saturated heterocycles. The SMILES string of the molecule is Cc1cc(NC(=O)Nc2cccc(S(C)=O)c2)ccc1O. The van der Waals surface area contributed by atoms with Crippen molar-refractivity contribution in [2.24, 2.45) is 0 Å². The number of nitrogens with one attached hydrogen (secondary N) is 2. The van der Waals surface area contributed by atoms with E-state index in [2.05, 4.69) is 10.6 Å². The summed E-state index contributed by atoms with van der Waals surface area (Å²) in [6, 6.07) is 11.3. The topological polar surface area (TPSA) is 78.4 Å². The van der Waals surface area contributed by atoms with Crippen LogP contribution in [0.1, 0.15) is 5.56 Å². The lowest BCUT2D eigenvalue weighted by atomic mass is 10.2. The van der Waals surface area contributed by atoms with Crippen molar-refractivity contribution < 1.29 is 14.1 Å². The van der Waals surface area contributed by atoms with E-state index in [1.165, 1.54) is 6.07 Å². The molecule has 2 amide bonds. The Morgan fingerprint density at radius 2 is 1.76 bits per heavy atom. The van der Waals surface area contributed by atoms with Crippen LogP contribution in [0.25, 0.3) is 0 Å². The molecule has 21 heavy (non-hydrogen) atoms. The molecule has 0 saturated carbocycles. The molecular weight excluding hydrogens is 288 g/mol. The number of hydrogen-bond acceptors (Lipinski definition) is 3. The van der Waals surface area contributed by atoms with Crippen LogP contribution in [0.5, 0.6) is 5.75 Å². The highest BCUT2D eigenvalue weighted by atomic mass is 32.2. The van der Waals surface area contributed by atoms with Crippen molar-refractivity contribution >= 4 is 28.2 Å². The third-order valence-electron chi connectivity index (χ3n) is 2.88. The van der Waals surface area contributed by atoms with E-state index in [4.69, 9.17) is 0 Å². The zero-order chi connectivity index (χ0) is 15.4. The van der Waals surface area contributed by atoms with E-state index in [1.807, 2.05) is 0 Å². The Bertz CT molecular complexity index is 701. The van der Waals surface area contributed by atoms with Crippen molar-refractivity contribution in [3.05, 3.63) is 48.0 Å². The quantitative estimate of drug-likeness (QED) is 0.762. The maximum absolute atomic E-state index is 11.9. The summed E-state index contributed by atoms with van der Waals surface area (Å²) in [5.74, 6) is 0.180. The van der Waals surface area contributed by atoms with Crippen LogP contribution < -0.4 is 10.6 Å². The molecule has 1 atom stereocenters. The van der Waals surface area contributed by atoms with Gasteiger partial charge >= 0.3 is 6.03 Å². The molecule has 0 aliphatic carbocycles. The molecule has 0 aliphatic rings. The molecule has 0 aliphatic heterocycles. The average molecular weight is 304 g/mol. The highest BCUT2D eigenvalue weighted by molar-refractivity contribution is 7.84. The Labute approximate surface area is 125 Å². The first kappa shape index (κ1) is 15.1. The largest absolute Gasteiger partial charge is 0.508 e. The van der Waals surface area contributed by atoms with E-state index in [1.54, 1.807) is 49.6 Å². The molecular formula is C15H16N2O3S. The second-order valence-electron chi connectivity index (χ2n) is 4.56. The summed E-state index contributed by atoms with van der Waals surface area (Å²) in [7, 11) is -1.10. The fourth-order valence-electron chi connectivity index (χ4n) is 1.78. The van der Waals surface area contributed by atoms with Crippen molar-refractivity contribution in [2.75, 3.05) is 16.9 Å². The molecule has 0 radical (unpaired) electrons. The van der Waals surface area contributed by atoms with Gasteiger partial charge in [-0.05, 0) is 48.9 Å². The van der Waals surface area contributed by atoms with Crippen molar-refractivity contribution in [2.45, 2.75) is 11.8 Å². The molecule has 0 bridgehead atoms. The molecule has 2 rings (SSSR count). The number of carbonyl (C=O) groups is 1. The molecule has 0 heterocycles. The number of urea groups is 1. The van der Waals surface area contributed by atoms with Crippen LogP contribution in [-0.2, 0) is 10.8 Å². The minimum absolute atomic E-state index is 0.180. The zero-order valence-electron chi connectivity index (χ0n) is 11.7. The summed E-state index contributed by atoms with van der Waals surface area (Å²) >= 11 is 0. The van der Waals surface area contributed by atoms with E-state index >= 15 is 0 Å². The van der Waals surface area contributed by atoms with Gasteiger partial charge in [0.2, 0.25) is 0 Å². The third-order valence-corrected chi connectivity index (χ3v) is 3.80. The van der Waals surface area contributed by atoms with Crippen LogP contribution in [0, 0.1) is 6.92 Å². The molecule has 2 aromatic rings. The van der Waals surface area contributed by atoms with Crippen LogP contribution in [0.2, 0.25) is 0 Å². The van der Waals surface area contributed by atoms with Crippen LogP contribution in [0.3, 0.4) is 0 Å². The number of aryl methyl sites for hydroxylation is 1. The Balaban J connectivity index is 2.06. The molecule has 1 unspecified atom stereocenters. The van der Waals surface area contributed by atoms with E-state index in [0.717, 1.165) is 0 Å². The fraction of sp³-hybridized carbons (Fsp3) is 0.133. The second-order valence-corrected chi connectivity index (χ2v) is 5.94. The summed E-state index contributed by atoms with van der Waals surface area (Å²) in [5.41, 5.74) is 1.82. The average Bonchev–Trinajstić information content (AvgIpc) is 2.43. The van der Waals surface area contributed by atoms with Crippen LogP contribution in [-0.4, -0.2) is 21.6 Å². The minimum Gasteiger partial charge on any atom is -0.508 e. The Kier molecular flexibility index (Phi) is 4.59. The lowest BCUT2D eigenvalue weighted by Gasteiger charge is -2.09. The van der Waals surface area contributed by atoms with Crippen molar-refractivity contribution in [3.8, 4) is 5.75 Å². The number of phenols is 1. The van der Waals surface area contributed by atoms with Gasteiger partial charge in [0.05, 0.1) is 0 Å². The smallest absolute Gasteiger partial charge is 0.323 e. The predicted molar refractivity (Wildman–Crippen MR) is 84.3 cm³/mol. The zero-order valence-corrected chi connectivity index (χ0v) is 12.5. The molecule has 110 valence electrons. The number of carbonyl (C=O) groups excluding carboxylic acids is 1. The van der Waals surface area contributed by atoms with Crippen LogP contribution in [0.15, 0.2) is 47.4 Å². The fourth-order valence-corrected chi connectivity index (χ4v) is 2.34. The number of anilines is 2. The van der Waals surface area contributed by atoms with E-state index < -0.39 is 16.8 Å². The van der Waals surface area contributed by atoms with Gasteiger partial charge in [-0.1, -0.05) is 6.07 Å². The van der Waals surface area contributed by atoms with E-state index in [0.29, 0.717) is 21.8 Å². The van der Waals surface area contributed by atoms with Gasteiger partial charge in [-0.15, -0.1) is 0 Å². The molecule has 0 spiro atoms. The number of benzene rings is 2. The van der Waals surface area contributed by atoms with Crippen LogP contribution >= 0.6 is 0 Å². The Morgan fingerprint density at radius 3 is 2.38 bits per heavy atom.